The Hall–Kier alpha value is -2.43. The van der Waals surface area contributed by atoms with Gasteiger partial charge in [0.25, 0.3) is 11.8 Å². The van der Waals surface area contributed by atoms with Crippen LogP contribution in [-0.4, -0.2) is 29.6 Å². The van der Waals surface area contributed by atoms with Gasteiger partial charge in [0.05, 0.1) is 24.7 Å². The molecule has 5 nitrogen and oxygen atoms in total. The lowest BCUT2D eigenvalue weighted by Gasteiger charge is -2.37. The van der Waals surface area contributed by atoms with Crippen molar-refractivity contribution in [3.8, 4) is 5.75 Å². The fraction of sp³-hybridized carbons (Fsp3) is 0.450. The molecule has 5 heteroatoms. The van der Waals surface area contributed by atoms with E-state index in [-0.39, 0.29) is 35.5 Å². The van der Waals surface area contributed by atoms with Crippen LogP contribution in [0.15, 0.2) is 41.5 Å². The van der Waals surface area contributed by atoms with Crippen LogP contribution in [0.4, 0.5) is 0 Å². The van der Waals surface area contributed by atoms with Crippen molar-refractivity contribution in [2.45, 2.75) is 13.3 Å². The molecule has 25 heavy (non-hydrogen) atoms. The summed E-state index contributed by atoms with van der Waals surface area (Å²) < 4.78 is 5.47. The van der Waals surface area contributed by atoms with Crippen molar-refractivity contribution in [2.75, 3.05) is 6.61 Å². The maximum atomic E-state index is 12.8. The Balaban J connectivity index is 1.40. The molecule has 1 aromatic carbocycles. The molecule has 2 amide bonds. The van der Waals surface area contributed by atoms with E-state index < -0.39 is 0 Å². The van der Waals surface area contributed by atoms with E-state index in [9.17, 15) is 9.59 Å². The van der Waals surface area contributed by atoms with Gasteiger partial charge in [0.15, 0.2) is 0 Å². The molecule has 0 unspecified atom stereocenters. The zero-order chi connectivity index (χ0) is 17.1. The monoisotopic (exact) mass is 336 g/mol. The molecule has 1 saturated heterocycles. The van der Waals surface area contributed by atoms with Crippen LogP contribution in [0, 0.1) is 35.5 Å². The summed E-state index contributed by atoms with van der Waals surface area (Å²) >= 11 is 0. The van der Waals surface area contributed by atoms with Gasteiger partial charge in [-0.15, -0.1) is 0 Å². The van der Waals surface area contributed by atoms with E-state index in [4.69, 9.17) is 4.74 Å². The molecule has 5 aliphatic rings. The summed E-state index contributed by atoms with van der Waals surface area (Å²) in [5.41, 5.74) is 0.811. The maximum absolute atomic E-state index is 12.8. The second-order valence-electron chi connectivity index (χ2n) is 7.39. The van der Waals surface area contributed by atoms with Crippen molar-refractivity contribution >= 4 is 18.0 Å². The number of benzene rings is 1. The third kappa shape index (κ3) is 2.11. The summed E-state index contributed by atoms with van der Waals surface area (Å²) in [6.45, 7) is 2.52. The van der Waals surface area contributed by atoms with Gasteiger partial charge in [-0.2, -0.15) is 10.1 Å². The average Bonchev–Trinajstić information content (AvgIpc) is 3.40. The van der Waals surface area contributed by atoms with Gasteiger partial charge in [-0.1, -0.05) is 24.3 Å². The molecular weight excluding hydrogens is 316 g/mol. The molecule has 2 saturated carbocycles. The van der Waals surface area contributed by atoms with Gasteiger partial charge >= 0.3 is 0 Å². The predicted molar refractivity (Wildman–Crippen MR) is 91.8 cm³/mol. The van der Waals surface area contributed by atoms with Gasteiger partial charge in [-0.05, 0) is 54.7 Å². The molecule has 0 aromatic heterocycles. The maximum Gasteiger partial charge on any atom is 0.254 e. The van der Waals surface area contributed by atoms with Crippen LogP contribution >= 0.6 is 0 Å². The number of hydrazone groups is 1. The van der Waals surface area contributed by atoms with Crippen molar-refractivity contribution in [3.63, 3.8) is 0 Å². The van der Waals surface area contributed by atoms with Crippen LogP contribution in [0.25, 0.3) is 0 Å². The van der Waals surface area contributed by atoms with Crippen molar-refractivity contribution in [2.24, 2.45) is 40.6 Å². The Morgan fingerprint density at radius 3 is 2.48 bits per heavy atom. The van der Waals surface area contributed by atoms with E-state index in [0.29, 0.717) is 18.4 Å². The number of imide groups is 1. The second-order valence-corrected chi connectivity index (χ2v) is 7.39. The number of ether oxygens (including phenoxy) is 1. The molecular formula is C20H20N2O3. The van der Waals surface area contributed by atoms with Crippen LogP contribution < -0.4 is 4.74 Å². The van der Waals surface area contributed by atoms with E-state index >= 15 is 0 Å². The van der Waals surface area contributed by atoms with E-state index in [1.165, 1.54) is 6.42 Å². The second kappa shape index (κ2) is 5.28. The molecule has 0 spiro atoms. The number of amides is 2. The first-order chi connectivity index (χ1) is 12.2. The number of hydrogen-bond acceptors (Lipinski definition) is 4. The summed E-state index contributed by atoms with van der Waals surface area (Å²) in [6, 6.07) is 7.48. The fourth-order valence-electron chi connectivity index (χ4n) is 5.03. The first-order valence-corrected chi connectivity index (χ1v) is 9.02. The lowest BCUT2D eigenvalue weighted by atomic mass is 9.63. The minimum absolute atomic E-state index is 0.128. The SMILES string of the molecule is CCOc1cccc(/C=N\N2C(=O)[C@@H]3[C@H]4C=C[C@@H]([C@@H]5C[C@H]45)[C@H]3C2=O)c1. The van der Waals surface area contributed by atoms with Gasteiger partial charge in [0, 0.05) is 0 Å². The Kier molecular flexibility index (Phi) is 3.14. The molecule has 0 radical (unpaired) electrons. The topological polar surface area (TPSA) is 59.0 Å². The van der Waals surface area contributed by atoms with Crippen molar-refractivity contribution in [1.82, 2.24) is 5.01 Å². The van der Waals surface area contributed by atoms with Gasteiger partial charge in [0.2, 0.25) is 0 Å². The minimum atomic E-state index is -0.196. The number of rotatable bonds is 4. The zero-order valence-corrected chi connectivity index (χ0v) is 14.0. The van der Waals surface area contributed by atoms with Crippen molar-refractivity contribution in [3.05, 3.63) is 42.0 Å². The van der Waals surface area contributed by atoms with Crippen LogP contribution in [0.2, 0.25) is 0 Å². The number of carbonyl (C=O) groups excluding carboxylic acids is 2. The van der Waals surface area contributed by atoms with Gasteiger partial charge in [-0.25, -0.2) is 0 Å². The molecule has 1 heterocycles. The summed E-state index contributed by atoms with van der Waals surface area (Å²) in [7, 11) is 0. The number of nitrogens with zero attached hydrogens (tertiary/aromatic N) is 2. The fourth-order valence-corrected chi connectivity index (χ4v) is 5.03. The highest BCUT2D eigenvalue weighted by molar-refractivity contribution is 6.06. The number of carbonyl (C=O) groups is 2. The molecule has 1 aliphatic heterocycles. The normalized spacial score (nSPS) is 37.6. The molecule has 1 aromatic rings. The zero-order valence-electron chi connectivity index (χ0n) is 14.0. The third-order valence-corrected chi connectivity index (χ3v) is 6.13. The molecule has 0 N–H and O–H groups in total. The smallest absolute Gasteiger partial charge is 0.254 e. The van der Waals surface area contributed by atoms with Gasteiger partial charge in [0.1, 0.15) is 5.75 Å². The minimum Gasteiger partial charge on any atom is -0.494 e. The summed E-state index contributed by atoms with van der Waals surface area (Å²) in [5.74, 6) is 1.79. The van der Waals surface area contributed by atoms with E-state index in [2.05, 4.69) is 17.3 Å². The van der Waals surface area contributed by atoms with E-state index in [1.807, 2.05) is 31.2 Å². The van der Waals surface area contributed by atoms with Gasteiger partial charge < -0.3 is 4.74 Å². The Morgan fingerprint density at radius 2 is 1.84 bits per heavy atom. The first kappa shape index (κ1) is 14.9. The molecule has 2 bridgehead atoms. The number of hydrogen-bond donors (Lipinski definition) is 0. The Bertz CT molecular complexity index is 779. The predicted octanol–water partition coefficient (Wildman–Crippen LogP) is 2.47. The molecule has 6 rings (SSSR count). The number of allylic oxidation sites excluding steroid dienone is 2. The highest BCUT2D eigenvalue weighted by atomic mass is 16.5. The van der Waals surface area contributed by atoms with Crippen LogP contribution in [0.1, 0.15) is 18.9 Å². The molecule has 128 valence electrons. The van der Waals surface area contributed by atoms with Crippen LogP contribution in [0.5, 0.6) is 5.75 Å². The van der Waals surface area contributed by atoms with E-state index in [0.717, 1.165) is 16.3 Å². The van der Waals surface area contributed by atoms with E-state index in [1.54, 1.807) is 6.21 Å². The standard InChI is InChI=1S/C20H20N2O3/c1-2-25-12-5-3-4-11(8-12)10-21-22-19(23)17-13-6-7-14(16-9-15(13)16)18(17)20(22)24/h3-8,10,13-18H,2,9H2,1H3/b21-10-/t13-,14-,15-,16+,17+,18+/m0/s1. The van der Waals surface area contributed by atoms with Crippen LogP contribution in [0.3, 0.4) is 0 Å². The summed E-state index contributed by atoms with van der Waals surface area (Å²) in [6.07, 6.45) is 7.09. The first-order valence-electron chi connectivity index (χ1n) is 9.02. The molecule has 6 atom stereocenters. The van der Waals surface area contributed by atoms with Crippen molar-refractivity contribution < 1.29 is 14.3 Å². The highest BCUT2D eigenvalue weighted by Crippen LogP contribution is 2.65. The lowest BCUT2D eigenvalue weighted by Crippen LogP contribution is -2.40. The molecule has 3 fully saturated rings. The largest absolute Gasteiger partial charge is 0.494 e. The average molecular weight is 336 g/mol. The highest BCUT2D eigenvalue weighted by Gasteiger charge is 2.67. The summed E-state index contributed by atoms with van der Waals surface area (Å²) in [4.78, 5) is 25.7. The Morgan fingerprint density at radius 1 is 1.16 bits per heavy atom. The molecule has 4 aliphatic carbocycles. The Labute approximate surface area is 146 Å². The van der Waals surface area contributed by atoms with Gasteiger partial charge in [-0.3, -0.25) is 9.59 Å². The van der Waals surface area contributed by atoms with Crippen LogP contribution in [-0.2, 0) is 9.59 Å². The lowest BCUT2D eigenvalue weighted by molar-refractivity contribution is -0.140. The van der Waals surface area contributed by atoms with Crippen molar-refractivity contribution in [1.29, 1.82) is 0 Å². The summed E-state index contributed by atoms with van der Waals surface area (Å²) in [5, 5.41) is 5.35. The quantitative estimate of drug-likeness (QED) is 0.482. The third-order valence-electron chi connectivity index (χ3n) is 6.13.